The van der Waals surface area contributed by atoms with Gasteiger partial charge in [-0.2, -0.15) is 0 Å². The Morgan fingerprint density at radius 1 is 1.42 bits per heavy atom. The third-order valence-corrected chi connectivity index (χ3v) is 1.61. The summed E-state index contributed by atoms with van der Waals surface area (Å²) in [6.45, 7) is 3.46. The quantitative estimate of drug-likeness (QED) is 0.748. The predicted octanol–water partition coefficient (Wildman–Crippen LogP) is 2.50. The topological polar surface area (TPSA) is 29.1 Å². The SMILES string of the molecule is [CH2]CC(=O)Nc1ccc(Cl)cc1. The van der Waals surface area contributed by atoms with E-state index in [9.17, 15) is 4.79 Å². The highest BCUT2D eigenvalue weighted by molar-refractivity contribution is 6.30. The van der Waals surface area contributed by atoms with Gasteiger partial charge in [-0.05, 0) is 31.2 Å². The summed E-state index contributed by atoms with van der Waals surface area (Å²) in [6, 6.07) is 6.94. The molecule has 12 heavy (non-hydrogen) atoms. The molecule has 0 aromatic heterocycles. The van der Waals surface area contributed by atoms with E-state index < -0.39 is 0 Å². The minimum Gasteiger partial charge on any atom is -0.326 e. The van der Waals surface area contributed by atoms with Crippen LogP contribution in [0.15, 0.2) is 24.3 Å². The summed E-state index contributed by atoms with van der Waals surface area (Å²) in [7, 11) is 0. The highest BCUT2D eigenvalue weighted by Crippen LogP contribution is 2.13. The van der Waals surface area contributed by atoms with Crippen LogP contribution in [0, 0.1) is 6.92 Å². The van der Waals surface area contributed by atoms with Crippen LogP contribution >= 0.6 is 11.6 Å². The zero-order valence-electron chi connectivity index (χ0n) is 6.51. The molecule has 0 aliphatic heterocycles. The molecule has 1 rings (SSSR count). The van der Waals surface area contributed by atoms with Gasteiger partial charge in [0.25, 0.3) is 0 Å². The first-order valence-corrected chi connectivity index (χ1v) is 3.95. The van der Waals surface area contributed by atoms with E-state index in [2.05, 4.69) is 12.2 Å². The van der Waals surface area contributed by atoms with Gasteiger partial charge in [0.05, 0.1) is 0 Å². The van der Waals surface area contributed by atoms with Crippen molar-refractivity contribution in [2.45, 2.75) is 6.42 Å². The summed E-state index contributed by atoms with van der Waals surface area (Å²) in [6.07, 6.45) is 0.239. The van der Waals surface area contributed by atoms with Gasteiger partial charge >= 0.3 is 0 Å². The van der Waals surface area contributed by atoms with Gasteiger partial charge in [0, 0.05) is 17.1 Å². The molecule has 1 aromatic rings. The molecule has 0 spiro atoms. The van der Waals surface area contributed by atoms with Crippen molar-refractivity contribution in [1.29, 1.82) is 0 Å². The monoisotopic (exact) mass is 182 g/mol. The zero-order valence-corrected chi connectivity index (χ0v) is 7.27. The van der Waals surface area contributed by atoms with Crippen LogP contribution in [-0.2, 0) is 4.79 Å². The van der Waals surface area contributed by atoms with Crippen LogP contribution in [0.1, 0.15) is 6.42 Å². The maximum absolute atomic E-state index is 10.9. The number of hydrogen-bond donors (Lipinski definition) is 1. The fraction of sp³-hybridized carbons (Fsp3) is 0.111. The third kappa shape index (κ3) is 2.55. The van der Waals surface area contributed by atoms with E-state index in [-0.39, 0.29) is 12.3 Å². The first-order valence-electron chi connectivity index (χ1n) is 3.57. The van der Waals surface area contributed by atoms with Crippen molar-refractivity contribution in [3.63, 3.8) is 0 Å². The summed E-state index contributed by atoms with van der Waals surface area (Å²) in [5.41, 5.74) is 0.744. The van der Waals surface area contributed by atoms with E-state index in [0.717, 1.165) is 5.69 Å². The Morgan fingerprint density at radius 3 is 2.50 bits per heavy atom. The summed E-state index contributed by atoms with van der Waals surface area (Å²) in [4.78, 5) is 10.9. The maximum atomic E-state index is 10.9. The zero-order chi connectivity index (χ0) is 8.97. The van der Waals surface area contributed by atoms with Crippen LogP contribution < -0.4 is 5.32 Å². The van der Waals surface area contributed by atoms with E-state index in [0.29, 0.717) is 5.02 Å². The normalized spacial score (nSPS) is 9.50. The summed E-state index contributed by atoms with van der Waals surface area (Å²) in [5, 5.41) is 3.31. The fourth-order valence-corrected chi connectivity index (χ4v) is 0.883. The first-order chi connectivity index (χ1) is 5.72. The van der Waals surface area contributed by atoms with E-state index >= 15 is 0 Å². The molecule has 0 saturated heterocycles. The highest BCUT2D eigenvalue weighted by Gasteiger charge is 1.97. The molecule has 1 aromatic carbocycles. The van der Waals surface area contributed by atoms with Gasteiger partial charge in [-0.15, -0.1) is 0 Å². The Labute approximate surface area is 76.5 Å². The largest absolute Gasteiger partial charge is 0.326 e. The van der Waals surface area contributed by atoms with Crippen molar-refractivity contribution >= 4 is 23.2 Å². The lowest BCUT2D eigenvalue weighted by atomic mass is 10.3. The number of rotatable bonds is 2. The molecule has 3 heteroatoms. The van der Waals surface area contributed by atoms with Gasteiger partial charge in [-0.1, -0.05) is 11.6 Å². The minimum atomic E-state index is -0.0997. The molecule has 0 saturated carbocycles. The van der Waals surface area contributed by atoms with Crippen molar-refractivity contribution in [3.8, 4) is 0 Å². The molecule has 2 nitrogen and oxygen atoms in total. The molecule has 0 unspecified atom stereocenters. The molecule has 1 N–H and O–H groups in total. The lowest BCUT2D eigenvalue weighted by Crippen LogP contribution is -2.09. The molecule has 0 heterocycles. The Kier molecular flexibility index (Phi) is 3.11. The second-order valence-electron chi connectivity index (χ2n) is 2.31. The van der Waals surface area contributed by atoms with Crippen LogP contribution in [0.25, 0.3) is 0 Å². The van der Waals surface area contributed by atoms with Gasteiger partial charge in [0.1, 0.15) is 0 Å². The number of benzene rings is 1. The maximum Gasteiger partial charge on any atom is 0.224 e. The molecule has 0 fully saturated rings. The van der Waals surface area contributed by atoms with E-state index in [4.69, 9.17) is 11.6 Å². The molecule has 1 amide bonds. The Hall–Kier alpha value is -1.02. The van der Waals surface area contributed by atoms with Gasteiger partial charge in [-0.25, -0.2) is 0 Å². The lowest BCUT2D eigenvalue weighted by Gasteiger charge is -2.01. The van der Waals surface area contributed by atoms with Gasteiger partial charge in [-0.3, -0.25) is 4.79 Å². The molecular weight excluding hydrogens is 174 g/mol. The molecule has 63 valence electrons. The van der Waals surface area contributed by atoms with Crippen LogP contribution in [0.4, 0.5) is 5.69 Å². The van der Waals surface area contributed by atoms with Crippen molar-refractivity contribution in [3.05, 3.63) is 36.2 Å². The lowest BCUT2D eigenvalue weighted by molar-refractivity contribution is -0.115. The number of carbonyl (C=O) groups excluding carboxylic acids is 1. The number of carbonyl (C=O) groups is 1. The number of amides is 1. The molecule has 0 aliphatic rings. The number of anilines is 1. The first kappa shape index (κ1) is 9.07. The molecule has 1 radical (unpaired) electrons. The fourth-order valence-electron chi connectivity index (χ4n) is 0.757. The average Bonchev–Trinajstić information content (AvgIpc) is 2.09. The minimum absolute atomic E-state index is 0.0997. The van der Waals surface area contributed by atoms with E-state index in [1.54, 1.807) is 24.3 Å². The Morgan fingerprint density at radius 2 is 2.00 bits per heavy atom. The van der Waals surface area contributed by atoms with Crippen molar-refractivity contribution < 1.29 is 4.79 Å². The van der Waals surface area contributed by atoms with Crippen LogP contribution in [0.5, 0.6) is 0 Å². The number of hydrogen-bond acceptors (Lipinski definition) is 1. The van der Waals surface area contributed by atoms with Gasteiger partial charge in [0.15, 0.2) is 0 Å². The predicted molar refractivity (Wildman–Crippen MR) is 50.1 cm³/mol. The second-order valence-corrected chi connectivity index (χ2v) is 2.74. The molecule has 0 bridgehead atoms. The summed E-state index contributed by atoms with van der Waals surface area (Å²) >= 11 is 5.66. The molecule has 0 aliphatic carbocycles. The Balaban J connectivity index is 2.64. The van der Waals surface area contributed by atoms with Crippen LogP contribution in [-0.4, -0.2) is 5.91 Å². The standard InChI is InChI=1S/C9H9ClNO/c1-2-9(12)11-8-5-3-7(10)4-6-8/h3-6H,1-2H2,(H,11,12). The summed E-state index contributed by atoms with van der Waals surface area (Å²) < 4.78 is 0. The highest BCUT2D eigenvalue weighted by atomic mass is 35.5. The van der Waals surface area contributed by atoms with E-state index in [1.165, 1.54) is 0 Å². The smallest absolute Gasteiger partial charge is 0.224 e. The second kappa shape index (κ2) is 4.12. The molecule has 0 atom stereocenters. The van der Waals surface area contributed by atoms with Crippen molar-refractivity contribution in [2.24, 2.45) is 0 Å². The van der Waals surface area contributed by atoms with Crippen LogP contribution in [0.3, 0.4) is 0 Å². The third-order valence-electron chi connectivity index (χ3n) is 1.36. The Bertz CT molecular complexity index is 268. The average molecular weight is 183 g/mol. The van der Waals surface area contributed by atoms with Crippen molar-refractivity contribution in [1.82, 2.24) is 0 Å². The van der Waals surface area contributed by atoms with E-state index in [1.807, 2.05) is 0 Å². The summed E-state index contributed by atoms with van der Waals surface area (Å²) in [5.74, 6) is -0.0997. The van der Waals surface area contributed by atoms with Gasteiger partial charge in [0.2, 0.25) is 5.91 Å². The van der Waals surface area contributed by atoms with Crippen molar-refractivity contribution in [2.75, 3.05) is 5.32 Å². The number of halogens is 1. The molecular formula is C9H9ClNO. The van der Waals surface area contributed by atoms with Crippen LogP contribution in [0.2, 0.25) is 5.02 Å². The van der Waals surface area contributed by atoms with Gasteiger partial charge < -0.3 is 5.32 Å². The number of nitrogens with one attached hydrogen (secondary N) is 1.